The number of nitrogen functional groups attached to an aromatic ring is 1. The van der Waals surface area contributed by atoms with E-state index >= 15 is 0 Å². The number of anilines is 2. The number of pyridine rings is 1. The van der Waals surface area contributed by atoms with Crippen LogP contribution in [-0.2, 0) is 0 Å². The molecule has 0 unspecified atom stereocenters. The van der Waals surface area contributed by atoms with Gasteiger partial charge in [0.2, 0.25) is 0 Å². The lowest BCUT2D eigenvalue weighted by Gasteiger charge is -2.34. The summed E-state index contributed by atoms with van der Waals surface area (Å²) < 4.78 is 6.36. The first-order valence-electron chi connectivity index (χ1n) is 7.73. The lowest BCUT2D eigenvalue weighted by molar-refractivity contribution is 0.302. The summed E-state index contributed by atoms with van der Waals surface area (Å²) in [6, 6.07) is 3.74. The molecule has 4 nitrogen and oxygen atoms in total. The molecule has 0 aliphatic heterocycles. The number of methoxy groups -OCH3 is 1. The van der Waals surface area contributed by atoms with E-state index in [-0.39, 0.29) is 11.0 Å². The minimum absolute atomic E-state index is 0.110. The Balaban J connectivity index is 2.56. The van der Waals surface area contributed by atoms with Crippen molar-refractivity contribution in [2.75, 3.05) is 18.2 Å². The highest BCUT2D eigenvalue weighted by Gasteiger charge is 2.27. The summed E-state index contributed by atoms with van der Waals surface area (Å²) in [6.45, 7) is 11.1. The maximum absolute atomic E-state index is 6.24. The Morgan fingerprint density at radius 2 is 1.83 bits per heavy atom. The van der Waals surface area contributed by atoms with Gasteiger partial charge in [0.05, 0.1) is 12.5 Å². The van der Waals surface area contributed by atoms with Crippen LogP contribution in [0.1, 0.15) is 41.0 Å². The fourth-order valence-corrected chi connectivity index (χ4v) is 3.79. The Morgan fingerprint density at radius 3 is 2.39 bits per heavy atom. The Bertz CT molecular complexity index is 720. The van der Waals surface area contributed by atoms with E-state index in [1.165, 1.54) is 0 Å². The highest BCUT2D eigenvalue weighted by atomic mass is 79.9. The molecule has 0 saturated carbocycles. The van der Waals surface area contributed by atoms with Gasteiger partial charge in [0.25, 0.3) is 0 Å². The van der Waals surface area contributed by atoms with Crippen molar-refractivity contribution in [1.82, 2.24) is 4.98 Å². The molecule has 126 valence electrons. The number of nitrogens with one attached hydrogen (secondary N) is 1. The highest BCUT2D eigenvalue weighted by molar-refractivity contribution is 9.10. The Labute approximate surface area is 146 Å². The minimum Gasteiger partial charge on any atom is -0.496 e. The van der Waals surface area contributed by atoms with Gasteiger partial charge in [-0.1, -0.05) is 20.8 Å². The fourth-order valence-electron chi connectivity index (χ4n) is 3.30. The third kappa shape index (κ3) is 4.08. The minimum atomic E-state index is -0.110. The first kappa shape index (κ1) is 17.9. The van der Waals surface area contributed by atoms with E-state index in [1.807, 2.05) is 12.1 Å². The average Bonchev–Trinajstić information content (AvgIpc) is 2.39. The standard InChI is InChI=1S/C18H26BrN3O/c1-17(2,3)10-18(4,5)22-16-15-12(20)7-8-13(23-6)14(15)11(19)9-21-16/h7-9H,10,20H2,1-6H3,(H,21,22). The Kier molecular flexibility index (Phi) is 4.81. The number of nitrogens with zero attached hydrogens (tertiary/aromatic N) is 1. The number of fused-ring (bicyclic) bond motifs is 1. The van der Waals surface area contributed by atoms with Gasteiger partial charge in [0.1, 0.15) is 11.6 Å². The third-order valence-corrected chi connectivity index (χ3v) is 4.23. The predicted octanol–water partition coefficient (Wildman–Crippen LogP) is 5.21. The number of aromatic nitrogens is 1. The summed E-state index contributed by atoms with van der Waals surface area (Å²) in [6.07, 6.45) is 2.79. The van der Waals surface area contributed by atoms with Gasteiger partial charge in [-0.3, -0.25) is 0 Å². The second-order valence-corrected chi connectivity index (χ2v) is 8.66. The summed E-state index contributed by atoms with van der Waals surface area (Å²) >= 11 is 3.56. The zero-order valence-electron chi connectivity index (χ0n) is 14.7. The lowest BCUT2D eigenvalue weighted by atomic mass is 9.82. The molecule has 0 aliphatic carbocycles. The molecule has 0 bridgehead atoms. The van der Waals surface area contributed by atoms with Crippen LogP contribution in [0.2, 0.25) is 0 Å². The summed E-state index contributed by atoms with van der Waals surface area (Å²) in [5.74, 6) is 1.56. The summed E-state index contributed by atoms with van der Waals surface area (Å²) in [5, 5.41) is 5.40. The van der Waals surface area contributed by atoms with Gasteiger partial charge in [0, 0.05) is 27.3 Å². The van der Waals surface area contributed by atoms with Crippen molar-refractivity contribution >= 4 is 38.2 Å². The molecule has 0 aliphatic rings. The number of ether oxygens (including phenoxy) is 1. The van der Waals surface area contributed by atoms with E-state index < -0.39 is 0 Å². The molecule has 3 N–H and O–H groups in total. The normalized spacial score (nSPS) is 12.5. The van der Waals surface area contributed by atoms with Crippen molar-refractivity contribution in [2.24, 2.45) is 5.41 Å². The quantitative estimate of drug-likeness (QED) is 0.715. The van der Waals surface area contributed by atoms with Crippen LogP contribution in [0.3, 0.4) is 0 Å². The highest BCUT2D eigenvalue weighted by Crippen LogP contribution is 2.40. The third-order valence-electron chi connectivity index (χ3n) is 3.63. The molecule has 0 fully saturated rings. The van der Waals surface area contributed by atoms with E-state index in [1.54, 1.807) is 13.3 Å². The molecule has 0 atom stereocenters. The molecule has 1 aromatic heterocycles. The molecule has 23 heavy (non-hydrogen) atoms. The molecule has 5 heteroatoms. The first-order valence-corrected chi connectivity index (χ1v) is 8.52. The van der Waals surface area contributed by atoms with Crippen LogP contribution < -0.4 is 15.8 Å². The maximum atomic E-state index is 6.24. The van der Waals surface area contributed by atoms with Crippen LogP contribution in [0.4, 0.5) is 11.5 Å². The first-order chi connectivity index (χ1) is 10.5. The largest absolute Gasteiger partial charge is 0.496 e. The number of hydrogen-bond acceptors (Lipinski definition) is 4. The number of rotatable bonds is 4. The summed E-state index contributed by atoms with van der Waals surface area (Å²) in [4.78, 5) is 4.56. The Hall–Kier alpha value is -1.49. The van der Waals surface area contributed by atoms with Gasteiger partial charge in [-0.05, 0) is 53.7 Å². The predicted molar refractivity (Wildman–Crippen MR) is 102 cm³/mol. The van der Waals surface area contributed by atoms with Crippen molar-refractivity contribution in [3.63, 3.8) is 0 Å². The van der Waals surface area contributed by atoms with Gasteiger partial charge in [-0.25, -0.2) is 4.98 Å². The molecule has 0 saturated heterocycles. The van der Waals surface area contributed by atoms with Crippen LogP contribution in [0.15, 0.2) is 22.8 Å². The monoisotopic (exact) mass is 379 g/mol. The van der Waals surface area contributed by atoms with E-state index in [4.69, 9.17) is 10.5 Å². The second kappa shape index (κ2) is 6.19. The second-order valence-electron chi connectivity index (χ2n) is 7.81. The van der Waals surface area contributed by atoms with Crippen molar-refractivity contribution in [2.45, 2.75) is 46.6 Å². The van der Waals surface area contributed by atoms with Gasteiger partial charge >= 0.3 is 0 Å². The molecule has 0 amide bonds. The van der Waals surface area contributed by atoms with Gasteiger partial charge < -0.3 is 15.8 Å². The number of benzene rings is 1. The zero-order chi connectivity index (χ0) is 17.4. The molecule has 1 aromatic carbocycles. The van der Waals surface area contributed by atoms with Crippen LogP contribution >= 0.6 is 15.9 Å². The topological polar surface area (TPSA) is 60.2 Å². The van der Waals surface area contributed by atoms with E-state index in [2.05, 4.69) is 60.8 Å². The van der Waals surface area contributed by atoms with E-state index in [0.717, 1.165) is 33.2 Å². The Morgan fingerprint density at radius 1 is 1.17 bits per heavy atom. The van der Waals surface area contributed by atoms with Gasteiger partial charge in [-0.15, -0.1) is 0 Å². The van der Waals surface area contributed by atoms with Crippen molar-refractivity contribution < 1.29 is 4.74 Å². The van der Waals surface area contributed by atoms with Gasteiger partial charge in [0.15, 0.2) is 0 Å². The van der Waals surface area contributed by atoms with Crippen molar-refractivity contribution in [1.29, 1.82) is 0 Å². The SMILES string of the molecule is COc1ccc(N)c2c(NC(C)(C)CC(C)(C)C)ncc(Br)c12. The summed E-state index contributed by atoms with van der Waals surface area (Å²) in [7, 11) is 1.66. The number of hydrogen-bond donors (Lipinski definition) is 2. The fraction of sp³-hybridized carbons (Fsp3) is 0.500. The smallest absolute Gasteiger partial charge is 0.136 e. The number of nitrogens with two attached hydrogens (primary N) is 1. The summed E-state index contributed by atoms with van der Waals surface area (Å²) in [5.41, 5.74) is 7.03. The molecule has 2 aromatic rings. The molecule has 1 heterocycles. The maximum Gasteiger partial charge on any atom is 0.136 e. The molecule has 0 radical (unpaired) electrons. The van der Waals surface area contributed by atoms with Crippen LogP contribution in [0, 0.1) is 5.41 Å². The molecule has 0 spiro atoms. The van der Waals surface area contributed by atoms with Crippen molar-refractivity contribution in [3.05, 3.63) is 22.8 Å². The van der Waals surface area contributed by atoms with Gasteiger partial charge in [-0.2, -0.15) is 0 Å². The van der Waals surface area contributed by atoms with Crippen LogP contribution in [0.5, 0.6) is 5.75 Å². The molecule has 2 rings (SSSR count). The molecular weight excluding hydrogens is 354 g/mol. The van der Waals surface area contributed by atoms with E-state index in [0.29, 0.717) is 5.69 Å². The van der Waals surface area contributed by atoms with Crippen LogP contribution in [0.25, 0.3) is 10.8 Å². The van der Waals surface area contributed by atoms with E-state index in [9.17, 15) is 0 Å². The van der Waals surface area contributed by atoms with Crippen molar-refractivity contribution in [3.8, 4) is 5.75 Å². The number of halogens is 1. The lowest BCUT2D eigenvalue weighted by Crippen LogP contribution is -2.35. The van der Waals surface area contributed by atoms with Crippen LogP contribution in [-0.4, -0.2) is 17.6 Å². The zero-order valence-corrected chi connectivity index (χ0v) is 16.3. The average molecular weight is 380 g/mol. The molecular formula is C18H26BrN3O.